The molecule has 1 heterocycles. The van der Waals surface area contributed by atoms with Crippen LogP contribution in [0.5, 0.6) is 17.2 Å². The summed E-state index contributed by atoms with van der Waals surface area (Å²) in [5.41, 5.74) is 0.317. The van der Waals surface area contributed by atoms with Crippen LogP contribution in [-0.2, 0) is 10.0 Å². The van der Waals surface area contributed by atoms with Crippen LogP contribution in [-0.4, -0.2) is 22.3 Å². The van der Waals surface area contributed by atoms with E-state index >= 15 is 0 Å². The highest BCUT2D eigenvalue weighted by Gasteiger charge is 2.23. The highest BCUT2D eigenvalue weighted by molar-refractivity contribution is 7.92. The van der Waals surface area contributed by atoms with Crippen molar-refractivity contribution in [3.05, 3.63) is 40.4 Å². The predicted octanol–water partition coefficient (Wildman–Crippen LogP) is 3.53. The lowest BCUT2D eigenvalue weighted by atomic mass is 10.3. The van der Waals surface area contributed by atoms with Crippen LogP contribution in [0.2, 0.25) is 10.0 Å². The van der Waals surface area contributed by atoms with Crippen molar-refractivity contribution >= 4 is 38.9 Å². The lowest BCUT2D eigenvalue weighted by molar-refractivity contribution is 0.174. The normalized spacial score (nSPS) is 13.0. The molecule has 0 unspecified atom stereocenters. The van der Waals surface area contributed by atoms with Crippen molar-refractivity contribution in [3.63, 3.8) is 0 Å². The molecule has 122 valence electrons. The molecule has 1 aliphatic rings. The van der Waals surface area contributed by atoms with Crippen LogP contribution < -0.4 is 18.9 Å². The van der Waals surface area contributed by atoms with Crippen molar-refractivity contribution in [1.82, 2.24) is 0 Å². The zero-order chi connectivity index (χ0) is 16.6. The smallest absolute Gasteiger partial charge is 0.263 e. The second-order valence-corrected chi connectivity index (χ2v) is 6.97. The summed E-state index contributed by atoms with van der Waals surface area (Å²) in [7, 11) is -2.51. The molecule has 0 saturated carbocycles. The number of benzene rings is 2. The Hall–Kier alpha value is -1.83. The third-order valence-electron chi connectivity index (χ3n) is 3.15. The quantitative estimate of drug-likeness (QED) is 0.884. The van der Waals surface area contributed by atoms with E-state index in [0.717, 1.165) is 0 Å². The van der Waals surface area contributed by atoms with E-state index in [1.165, 1.54) is 25.3 Å². The summed E-state index contributed by atoms with van der Waals surface area (Å²) in [6, 6.07) is 7.45. The number of methoxy groups -OCH3 is 1. The Balaban J connectivity index is 1.95. The number of rotatable bonds is 4. The van der Waals surface area contributed by atoms with Crippen LogP contribution in [0.4, 0.5) is 5.69 Å². The molecule has 2 aromatic carbocycles. The summed E-state index contributed by atoms with van der Waals surface area (Å²) >= 11 is 12.0. The molecule has 23 heavy (non-hydrogen) atoms. The minimum Gasteiger partial charge on any atom is -0.495 e. The summed E-state index contributed by atoms with van der Waals surface area (Å²) in [5, 5.41) is -0.0815. The SMILES string of the molecule is COc1ccc(S(=O)(=O)Nc2ccc3c(c2)OCO3)c(Cl)c1Cl. The van der Waals surface area contributed by atoms with Gasteiger partial charge in [0, 0.05) is 6.07 Å². The molecule has 3 rings (SSSR count). The summed E-state index contributed by atoms with van der Waals surface area (Å²) in [6.45, 7) is 0.103. The van der Waals surface area contributed by atoms with E-state index in [4.69, 9.17) is 37.4 Å². The van der Waals surface area contributed by atoms with Gasteiger partial charge in [0.25, 0.3) is 10.0 Å². The van der Waals surface area contributed by atoms with Crippen molar-refractivity contribution in [2.24, 2.45) is 0 Å². The lowest BCUT2D eigenvalue weighted by Gasteiger charge is -2.12. The average molecular weight is 376 g/mol. The van der Waals surface area contributed by atoms with Gasteiger partial charge in [0.05, 0.1) is 17.8 Å². The number of anilines is 1. The Morgan fingerprint density at radius 2 is 1.83 bits per heavy atom. The zero-order valence-corrected chi connectivity index (χ0v) is 14.1. The van der Waals surface area contributed by atoms with Crippen LogP contribution in [0.3, 0.4) is 0 Å². The predicted molar refractivity (Wildman–Crippen MR) is 86.4 cm³/mol. The van der Waals surface area contributed by atoms with E-state index in [1.807, 2.05) is 0 Å². The van der Waals surface area contributed by atoms with Gasteiger partial charge >= 0.3 is 0 Å². The number of sulfonamides is 1. The fourth-order valence-corrected chi connectivity index (χ4v) is 3.94. The van der Waals surface area contributed by atoms with Gasteiger partial charge in [-0.15, -0.1) is 0 Å². The number of ether oxygens (including phenoxy) is 3. The highest BCUT2D eigenvalue weighted by Crippen LogP contribution is 2.38. The van der Waals surface area contributed by atoms with Gasteiger partial charge < -0.3 is 14.2 Å². The van der Waals surface area contributed by atoms with Crippen LogP contribution in [0.1, 0.15) is 0 Å². The fraction of sp³-hybridized carbons (Fsp3) is 0.143. The van der Waals surface area contributed by atoms with Gasteiger partial charge in [-0.25, -0.2) is 8.42 Å². The molecule has 0 amide bonds. The lowest BCUT2D eigenvalue weighted by Crippen LogP contribution is -2.13. The summed E-state index contributed by atoms with van der Waals surface area (Å²) in [4.78, 5) is -0.150. The van der Waals surface area contributed by atoms with Gasteiger partial charge in [-0.3, -0.25) is 4.72 Å². The van der Waals surface area contributed by atoms with E-state index in [9.17, 15) is 8.42 Å². The first-order valence-corrected chi connectivity index (χ1v) is 8.61. The maximum atomic E-state index is 12.5. The second-order valence-electron chi connectivity index (χ2n) is 4.57. The van der Waals surface area contributed by atoms with Crippen LogP contribution >= 0.6 is 23.2 Å². The molecule has 0 atom stereocenters. The first-order valence-electron chi connectivity index (χ1n) is 6.37. The Bertz CT molecular complexity index is 870. The molecule has 0 aromatic heterocycles. The van der Waals surface area contributed by atoms with Gasteiger partial charge in [0.2, 0.25) is 6.79 Å². The zero-order valence-electron chi connectivity index (χ0n) is 11.8. The molecule has 1 N–H and O–H groups in total. The van der Waals surface area contributed by atoms with Gasteiger partial charge in [0.1, 0.15) is 15.7 Å². The fourth-order valence-electron chi connectivity index (χ4n) is 2.05. The van der Waals surface area contributed by atoms with Crippen molar-refractivity contribution in [2.45, 2.75) is 4.90 Å². The maximum absolute atomic E-state index is 12.5. The van der Waals surface area contributed by atoms with Gasteiger partial charge in [0.15, 0.2) is 11.5 Å². The topological polar surface area (TPSA) is 73.9 Å². The summed E-state index contributed by atoms with van der Waals surface area (Å²) in [6.07, 6.45) is 0. The minimum atomic E-state index is -3.93. The van der Waals surface area contributed by atoms with Gasteiger partial charge in [-0.05, 0) is 24.3 Å². The summed E-state index contributed by atoms with van der Waals surface area (Å²) in [5.74, 6) is 1.31. The van der Waals surface area contributed by atoms with Crippen molar-refractivity contribution < 1.29 is 22.6 Å². The van der Waals surface area contributed by atoms with E-state index in [2.05, 4.69) is 4.72 Å². The second kappa shape index (κ2) is 5.99. The monoisotopic (exact) mass is 375 g/mol. The molecule has 0 spiro atoms. The van der Waals surface area contributed by atoms with E-state index in [0.29, 0.717) is 22.9 Å². The largest absolute Gasteiger partial charge is 0.495 e. The molecule has 9 heteroatoms. The van der Waals surface area contributed by atoms with Crippen molar-refractivity contribution in [1.29, 1.82) is 0 Å². The van der Waals surface area contributed by atoms with Crippen molar-refractivity contribution in [2.75, 3.05) is 18.6 Å². The number of hydrogen-bond donors (Lipinski definition) is 1. The van der Waals surface area contributed by atoms with E-state index in [-0.39, 0.29) is 21.7 Å². The van der Waals surface area contributed by atoms with E-state index < -0.39 is 10.0 Å². The van der Waals surface area contributed by atoms with Gasteiger partial charge in [-0.1, -0.05) is 23.2 Å². The molecule has 0 bridgehead atoms. The number of fused-ring (bicyclic) bond motifs is 1. The molecular weight excluding hydrogens is 365 g/mol. The Morgan fingerprint density at radius 3 is 2.57 bits per heavy atom. The molecule has 0 fully saturated rings. The molecule has 0 saturated heterocycles. The number of hydrogen-bond acceptors (Lipinski definition) is 5. The Labute approximate surface area is 142 Å². The van der Waals surface area contributed by atoms with Crippen LogP contribution in [0.15, 0.2) is 35.2 Å². The van der Waals surface area contributed by atoms with Crippen LogP contribution in [0, 0.1) is 0 Å². The highest BCUT2D eigenvalue weighted by atomic mass is 35.5. The summed E-state index contributed by atoms with van der Waals surface area (Å²) < 4.78 is 42.8. The first-order chi connectivity index (χ1) is 10.9. The molecule has 1 aliphatic heterocycles. The maximum Gasteiger partial charge on any atom is 0.263 e. The van der Waals surface area contributed by atoms with Crippen molar-refractivity contribution in [3.8, 4) is 17.2 Å². The average Bonchev–Trinajstić information content (AvgIpc) is 2.96. The number of nitrogens with one attached hydrogen (secondary N) is 1. The standard InChI is InChI=1S/C14H11Cl2NO5S/c1-20-10-4-5-12(14(16)13(10)15)23(18,19)17-8-2-3-9-11(6-8)22-7-21-9/h2-6,17H,7H2,1H3. The molecule has 6 nitrogen and oxygen atoms in total. The third kappa shape index (κ3) is 2.99. The molecule has 2 aromatic rings. The van der Waals surface area contributed by atoms with E-state index in [1.54, 1.807) is 12.1 Å². The Morgan fingerprint density at radius 1 is 1.09 bits per heavy atom. The third-order valence-corrected chi connectivity index (χ3v) is 5.55. The number of halogens is 2. The molecule has 0 radical (unpaired) electrons. The van der Waals surface area contributed by atoms with Gasteiger partial charge in [-0.2, -0.15) is 0 Å². The Kier molecular flexibility index (Phi) is 4.18. The molecule has 0 aliphatic carbocycles. The molecular formula is C14H11Cl2NO5S. The minimum absolute atomic E-state index is 0.0303. The first kappa shape index (κ1) is 16.0. The van der Waals surface area contributed by atoms with Crippen LogP contribution in [0.25, 0.3) is 0 Å².